The highest BCUT2D eigenvalue weighted by molar-refractivity contribution is 14.1. The van der Waals surface area contributed by atoms with Crippen molar-refractivity contribution in [1.29, 1.82) is 0 Å². The number of nitrogens with zero attached hydrogens (tertiary/aromatic N) is 2. The number of carboxylic acids is 1. The molecule has 0 fully saturated rings. The maximum absolute atomic E-state index is 11.2. The number of hydrogen-bond donors (Lipinski definition) is 3. The van der Waals surface area contributed by atoms with Crippen LogP contribution in [-0.4, -0.2) is 26.0 Å². The molecule has 1 aromatic carbocycles. The van der Waals surface area contributed by atoms with E-state index in [0.717, 1.165) is 3.57 Å². The second-order valence-electron chi connectivity index (χ2n) is 4.18. The molecule has 0 saturated carbocycles. The van der Waals surface area contributed by atoms with E-state index < -0.39 is 5.97 Å². The Labute approximate surface area is 127 Å². The molecule has 4 N–H and O–H groups in total. The van der Waals surface area contributed by atoms with E-state index in [9.17, 15) is 4.79 Å². The molecule has 0 aliphatic rings. The second kappa shape index (κ2) is 4.75. The van der Waals surface area contributed by atoms with Crippen LogP contribution in [0.3, 0.4) is 0 Å². The largest absolute Gasteiger partial charge is 0.478 e. The van der Waals surface area contributed by atoms with E-state index >= 15 is 0 Å². The SMILES string of the molecule is Nc1ncc(I)cc1-c1nc2c(C(=O)O)cccc2[nH]1. The number of nitrogen functional groups attached to an aromatic ring is 1. The number of aromatic amines is 1. The number of aromatic carboxylic acids is 1. The highest BCUT2D eigenvalue weighted by Gasteiger charge is 2.15. The third-order valence-corrected chi connectivity index (χ3v) is 3.47. The predicted octanol–water partition coefficient (Wildman–Crippen LogP) is 2.51. The van der Waals surface area contributed by atoms with E-state index in [-0.39, 0.29) is 5.56 Å². The first-order chi connectivity index (χ1) is 9.56. The van der Waals surface area contributed by atoms with Gasteiger partial charge in [0, 0.05) is 9.77 Å². The van der Waals surface area contributed by atoms with Gasteiger partial charge in [0.25, 0.3) is 0 Å². The summed E-state index contributed by atoms with van der Waals surface area (Å²) in [5.41, 5.74) is 7.72. The number of aromatic nitrogens is 3. The summed E-state index contributed by atoms with van der Waals surface area (Å²) >= 11 is 2.13. The number of pyridine rings is 1. The molecule has 0 spiro atoms. The lowest BCUT2D eigenvalue weighted by molar-refractivity contribution is 0.0699. The molecule has 6 nitrogen and oxygen atoms in total. The molecular formula is C13H9IN4O2. The predicted molar refractivity (Wildman–Crippen MR) is 83.4 cm³/mol. The van der Waals surface area contributed by atoms with E-state index in [0.29, 0.717) is 28.2 Å². The Hall–Kier alpha value is -2.16. The zero-order chi connectivity index (χ0) is 14.3. The maximum Gasteiger partial charge on any atom is 0.337 e. The molecule has 3 aromatic rings. The van der Waals surface area contributed by atoms with Crippen LogP contribution in [0.25, 0.3) is 22.4 Å². The van der Waals surface area contributed by atoms with Crippen LogP contribution in [0, 0.1) is 3.57 Å². The molecule has 0 radical (unpaired) electrons. The maximum atomic E-state index is 11.2. The monoisotopic (exact) mass is 380 g/mol. The minimum atomic E-state index is -1.01. The van der Waals surface area contributed by atoms with Crippen molar-refractivity contribution in [3.8, 4) is 11.4 Å². The van der Waals surface area contributed by atoms with Crippen molar-refractivity contribution in [2.24, 2.45) is 0 Å². The molecule has 0 aliphatic carbocycles. The Balaban J connectivity index is 2.26. The zero-order valence-electron chi connectivity index (χ0n) is 10.1. The van der Waals surface area contributed by atoms with Gasteiger partial charge in [-0.2, -0.15) is 0 Å². The Kier molecular flexibility index (Phi) is 3.05. The average Bonchev–Trinajstić information content (AvgIpc) is 2.84. The molecule has 0 amide bonds. The summed E-state index contributed by atoms with van der Waals surface area (Å²) in [4.78, 5) is 22.7. The highest BCUT2D eigenvalue weighted by Crippen LogP contribution is 2.27. The van der Waals surface area contributed by atoms with E-state index in [2.05, 4.69) is 37.5 Å². The van der Waals surface area contributed by atoms with Gasteiger partial charge in [-0.05, 0) is 40.8 Å². The molecule has 3 rings (SSSR count). The number of hydrogen-bond acceptors (Lipinski definition) is 4. The number of carbonyl (C=O) groups is 1. The van der Waals surface area contributed by atoms with Crippen molar-refractivity contribution in [1.82, 2.24) is 15.0 Å². The fraction of sp³-hybridized carbons (Fsp3) is 0. The van der Waals surface area contributed by atoms with Crippen LogP contribution in [0.15, 0.2) is 30.5 Å². The second-order valence-corrected chi connectivity index (χ2v) is 5.42. The molecule has 100 valence electrons. The summed E-state index contributed by atoms with van der Waals surface area (Å²) in [6.07, 6.45) is 1.66. The van der Waals surface area contributed by atoms with Crippen LogP contribution >= 0.6 is 22.6 Å². The number of imidazole rings is 1. The van der Waals surface area contributed by atoms with Crippen LogP contribution in [-0.2, 0) is 0 Å². The van der Waals surface area contributed by atoms with Crippen molar-refractivity contribution in [3.63, 3.8) is 0 Å². The Morgan fingerprint density at radius 1 is 1.40 bits per heavy atom. The lowest BCUT2D eigenvalue weighted by Gasteiger charge is -2.01. The number of nitrogens with one attached hydrogen (secondary N) is 1. The van der Waals surface area contributed by atoms with Gasteiger partial charge in [0.1, 0.15) is 17.2 Å². The Morgan fingerprint density at radius 2 is 2.20 bits per heavy atom. The number of rotatable bonds is 2. The summed E-state index contributed by atoms with van der Waals surface area (Å²) in [6, 6.07) is 6.81. The highest BCUT2D eigenvalue weighted by atomic mass is 127. The number of carboxylic acid groups (broad SMARTS) is 1. The third-order valence-electron chi connectivity index (χ3n) is 2.88. The normalized spacial score (nSPS) is 10.8. The quantitative estimate of drug-likeness (QED) is 0.593. The van der Waals surface area contributed by atoms with Gasteiger partial charge < -0.3 is 15.8 Å². The summed E-state index contributed by atoms with van der Waals surface area (Å²) in [6.45, 7) is 0. The summed E-state index contributed by atoms with van der Waals surface area (Å²) in [7, 11) is 0. The van der Waals surface area contributed by atoms with Crippen LogP contribution in [0.5, 0.6) is 0 Å². The van der Waals surface area contributed by atoms with Gasteiger partial charge >= 0.3 is 5.97 Å². The van der Waals surface area contributed by atoms with E-state index in [4.69, 9.17) is 10.8 Å². The van der Waals surface area contributed by atoms with Gasteiger partial charge in [-0.3, -0.25) is 0 Å². The molecular weight excluding hydrogens is 371 g/mol. The summed E-state index contributed by atoms with van der Waals surface area (Å²) in [5, 5.41) is 9.17. The van der Waals surface area contributed by atoms with Crippen LogP contribution in [0.4, 0.5) is 5.82 Å². The first kappa shape index (κ1) is 12.9. The lowest BCUT2D eigenvalue weighted by atomic mass is 10.2. The van der Waals surface area contributed by atoms with Crippen molar-refractivity contribution in [3.05, 3.63) is 39.6 Å². The molecule has 0 aliphatic heterocycles. The smallest absolute Gasteiger partial charge is 0.337 e. The van der Waals surface area contributed by atoms with Gasteiger partial charge in [0.2, 0.25) is 0 Å². The Bertz CT molecular complexity index is 828. The summed E-state index contributed by atoms with van der Waals surface area (Å²) < 4.78 is 0.922. The van der Waals surface area contributed by atoms with Gasteiger partial charge in [0.05, 0.1) is 16.6 Å². The minimum absolute atomic E-state index is 0.155. The average molecular weight is 380 g/mol. The van der Waals surface area contributed by atoms with Crippen molar-refractivity contribution >= 4 is 45.4 Å². The van der Waals surface area contributed by atoms with Crippen LogP contribution in [0.2, 0.25) is 0 Å². The van der Waals surface area contributed by atoms with Crippen molar-refractivity contribution in [2.45, 2.75) is 0 Å². The fourth-order valence-electron chi connectivity index (χ4n) is 1.97. The number of anilines is 1. The minimum Gasteiger partial charge on any atom is -0.478 e. The standard InChI is InChI=1S/C13H9IN4O2/c14-6-4-8(11(15)16-5-6)12-17-9-3-1-2-7(13(19)20)10(9)18-12/h1-5H,(H2,15,16)(H,17,18)(H,19,20). The number of para-hydroxylation sites is 1. The molecule has 0 bridgehead atoms. The van der Waals surface area contributed by atoms with Gasteiger partial charge in [-0.1, -0.05) is 6.07 Å². The topological polar surface area (TPSA) is 105 Å². The Morgan fingerprint density at radius 3 is 2.95 bits per heavy atom. The molecule has 2 heterocycles. The molecule has 0 atom stereocenters. The third kappa shape index (κ3) is 2.09. The van der Waals surface area contributed by atoms with E-state index in [1.165, 1.54) is 6.07 Å². The van der Waals surface area contributed by atoms with Crippen LogP contribution in [0.1, 0.15) is 10.4 Å². The molecule has 20 heavy (non-hydrogen) atoms. The first-order valence-corrected chi connectivity index (χ1v) is 6.77. The molecule has 0 unspecified atom stereocenters. The summed E-state index contributed by atoms with van der Waals surface area (Å²) in [5.74, 6) is -0.152. The molecule has 0 saturated heterocycles. The van der Waals surface area contributed by atoms with Crippen molar-refractivity contribution in [2.75, 3.05) is 5.73 Å². The number of H-pyrrole nitrogens is 1. The number of benzene rings is 1. The number of halogens is 1. The number of fused-ring (bicyclic) bond motifs is 1. The zero-order valence-corrected chi connectivity index (χ0v) is 12.2. The first-order valence-electron chi connectivity index (χ1n) is 5.69. The van der Waals surface area contributed by atoms with Gasteiger partial charge in [-0.15, -0.1) is 0 Å². The van der Waals surface area contributed by atoms with Gasteiger partial charge in [0.15, 0.2) is 0 Å². The van der Waals surface area contributed by atoms with E-state index in [1.54, 1.807) is 18.3 Å². The fourth-order valence-corrected chi connectivity index (χ4v) is 2.42. The van der Waals surface area contributed by atoms with Gasteiger partial charge in [-0.25, -0.2) is 14.8 Å². The van der Waals surface area contributed by atoms with Crippen molar-refractivity contribution < 1.29 is 9.90 Å². The lowest BCUT2D eigenvalue weighted by Crippen LogP contribution is -1.97. The van der Waals surface area contributed by atoms with Crippen LogP contribution < -0.4 is 5.73 Å². The number of nitrogens with two attached hydrogens (primary N) is 1. The molecule has 2 aromatic heterocycles. The van der Waals surface area contributed by atoms with E-state index in [1.807, 2.05) is 6.07 Å². The molecule has 7 heteroatoms.